The first-order chi connectivity index (χ1) is 10.4. The number of ether oxygens (including phenoxy) is 1. The largest absolute Gasteiger partial charge is 0.494 e. The number of carbonyl (C=O) groups is 1. The normalized spacial score (nSPS) is 11.5. The molecule has 2 aromatic rings. The number of hydrogen-bond acceptors (Lipinski definition) is 6. The smallest absolute Gasteiger partial charge is 0.210 e. The van der Waals surface area contributed by atoms with Crippen molar-refractivity contribution in [2.45, 2.75) is 38.4 Å². The quantitative estimate of drug-likeness (QED) is 0.602. The summed E-state index contributed by atoms with van der Waals surface area (Å²) in [4.78, 5) is 12.2. The van der Waals surface area contributed by atoms with Crippen molar-refractivity contribution in [1.29, 1.82) is 0 Å². The van der Waals surface area contributed by atoms with Crippen LogP contribution in [0.3, 0.4) is 0 Å². The van der Waals surface area contributed by atoms with E-state index < -0.39 is 0 Å². The van der Waals surface area contributed by atoms with Gasteiger partial charge in [-0.3, -0.25) is 4.79 Å². The van der Waals surface area contributed by atoms with Crippen molar-refractivity contribution in [3.63, 3.8) is 0 Å². The molecule has 0 aliphatic carbocycles. The highest BCUT2D eigenvalue weighted by atomic mass is 32.2. The van der Waals surface area contributed by atoms with E-state index >= 15 is 0 Å². The average Bonchev–Trinajstić information content (AvgIpc) is 2.94. The Balaban J connectivity index is 2.00. The van der Waals surface area contributed by atoms with Gasteiger partial charge in [0.05, 0.1) is 17.9 Å². The lowest BCUT2D eigenvalue weighted by Gasteiger charge is -2.19. The van der Waals surface area contributed by atoms with Gasteiger partial charge in [-0.25, -0.2) is 4.68 Å². The van der Waals surface area contributed by atoms with Crippen LogP contribution in [0.4, 0.5) is 0 Å². The number of Topliss-reactive ketones (excluding diaryl/α,β-unsaturated/α-hetero) is 1. The number of carbonyl (C=O) groups excluding carboxylic acids is 1. The van der Waals surface area contributed by atoms with Gasteiger partial charge in [0.25, 0.3) is 0 Å². The summed E-state index contributed by atoms with van der Waals surface area (Å²) in [6, 6.07) is 7.17. The topological polar surface area (TPSA) is 69.9 Å². The van der Waals surface area contributed by atoms with Crippen molar-refractivity contribution in [1.82, 2.24) is 20.2 Å². The van der Waals surface area contributed by atoms with Crippen LogP contribution in [-0.4, -0.2) is 38.4 Å². The third-order valence-corrected chi connectivity index (χ3v) is 3.82. The van der Waals surface area contributed by atoms with Gasteiger partial charge in [0.1, 0.15) is 5.75 Å². The predicted molar refractivity (Wildman–Crippen MR) is 85.5 cm³/mol. The Morgan fingerprint density at radius 1 is 1.27 bits per heavy atom. The van der Waals surface area contributed by atoms with Crippen molar-refractivity contribution >= 4 is 17.5 Å². The molecule has 0 amide bonds. The van der Waals surface area contributed by atoms with Crippen LogP contribution in [0.1, 0.15) is 38.1 Å². The molecule has 0 aliphatic heterocycles. The van der Waals surface area contributed by atoms with Crippen LogP contribution >= 0.6 is 11.8 Å². The Morgan fingerprint density at radius 3 is 2.55 bits per heavy atom. The molecule has 1 aromatic heterocycles. The highest BCUT2D eigenvalue weighted by molar-refractivity contribution is 7.99. The van der Waals surface area contributed by atoms with Crippen LogP contribution in [0.2, 0.25) is 0 Å². The average molecular weight is 320 g/mol. The third kappa shape index (κ3) is 4.07. The summed E-state index contributed by atoms with van der Waals surface area (Å²) in [5, 5.41) is 12.3. The molecule has 0 bridgehead atoms. The second-order valence-corrected chi connectivity index (χ2v) is 6.66. The molecule has 0 N–H and O–H groups in total. The van der Waals surface area contributed by atoms with Gasteiger partial charge in [-0.05, 0) is 62.4 Å². The van der Waals surface area contributed by atoms with Crippen molar-refractivity contribution in [3.8, 4) is 5.75 Å². The second-order valence-electron chi connectivity index (χ2n) is 5.71. The molecule has 0 fully saturated rings. The summed E-state index contributed by atoms with van der Waals surface area (Å²) in [5.41, 5.74) is 0.444. The number of nitrogens with zero attached hydrogens (tertiary/aromatic N) is 4. The zero-order valence-corrected chi connectivity index (χ0v) is 14.1. The van der Waals surface area contributed by atoms with E-state index in [-0.39, 0.29) is 11.3 Å². The molecule has 118 valence electrons. The van der Waals surface area contributed by atoms with Gasteiger partial charge >= 0.3 is 0 Å². The van der Waals surface area contributed by atoms with Crippen LogP contribution in [0.5, 0.6) is 5.75 Å². The van der Waals surface area contributed by atoms with Crippen molar-refractivity contribution in [2.75, 3.05) is 12.4 Å². The SMILES string of the molecule is CCOc1ccc(C(=O)CSc2nnnn2C(C)(C)C)cc1. The molecule has 0 radical (unpaired) electrons. The number of benzene rings is 1. The molecule has 6 nitrogen and oxygen atoms in total. The number of tetrazole rings is 1. The molecule has 0 aliphatic rings. The maximum Gasteiger partial charge on any atom is 0.210 e. The molecule has 0 spiro atoms. The fourth-order valence-corrected chi connectivity index (χ4v) is 2.76. The Morgan fingerprint density at radius 2 is 1.95 bits per heavy atom. The van der Waals surface area contributed by atoms with E-state index in [1.807, 2.05) is 27.7 Å². The number of rotatable bonds is 6. The Bertz CT molecular complexity index is 632. The zero-order chi connectivity index (χ0) is 16.2. The molecule has 0 atom stereocenters. The molecule has 0 saturated heterocycles. The first-order valence-corrected chi connectivity index (χ1v) is 8.08. The van der Waals surface area contributed by atoms with Gasteiger partial charge in [-0.2, -0.15) is 0 Å². The van der Waals surface area contributed by atoms with Gasteiger partial charge < -0.3 is 4.74 Å². The fourth-order valence-electron chi connectivity index (χ4n) is 1.81. The summed E-state index contributed by atoms with van der Waals surface area (Å²) in [5.74, 6) is 1.10. The predicted octanol–water partition coefficient (Wildman–Crippen LogP) is 2.80. The first-order valence-electron chi connectivity index (χ1n) is 7.09. The number of thioether (sulfide) groups is 1. The molecule has 1 heterocycles. The van der Waals surface area contributed by atoms with Crippen LogP contribution in [0.25, 0.3) is 0 Å². The monoisotopic (exact) mass is 320 g/mol. The molecule has 0 unspecified atom stereocenters. The minimum Gasteiger partial charge on any atom is -0.494 e. The molecule has 2 rings (SSSR count). The van der Waals surface area contributed by atoms with Crippen LogP contribution in [-0.2, 0) is 5.54 Å². The maximum atomic E-state index is 12.2. The third-order valence-electron chi connectivity index (χ3n) is 2.90. The molecule has 22 heavy (non-hydrogen) atoms. The van der Waals surface area contributed by atoms with E-state index in [9.17, 15) is 4.79 Å². The lowest BCUT2D eigenvalue weighted by molar-refractivity contribution is 0.102. The Kier molecular flexibility index (Phi) is 5.18. The Hall–Kier alpha value is -1.89. The highest BCUT2D eigenvalue weighted by Gasteiger charge is 2.20. The fraction of sp³-hybridized carbons (Fsp3) is 0.467. The number of aromatic nitrogens is 4. The van der Waals surface area contributed by atoms with Crippen LogP contribution in [0, 0.1) is 0 Å². The van der Waals surface area contributed by atoms with Gasteiger partial charge in [0.2, 0.25) is 5.16 Å². The van der Waals surface area contributed by atoms with Crippen molar-refractivity contribution < 1.29 is 9.53 Å². The Labute approximate surface area is 134 Å². The maximum absolute atomic E-state index is 12.2. The van der Waals surface area contributed by atoms with Crippen molar-refractivity contribution in [3.05, 3.63) is 29.8 Å². The van der Waals surface area contributed by atoms with Gasteiger partial charge in [-0.1, -0.05) is 11.8 Å². The van der Waals surface area contributed by atoms with Crippen LogP contribution < -0.4 is 4.74 Å². The van der Waals surface area contributed by atoms with E-state index in [2.05, 4.69) is 15.5 Å². The molecular weight excluding hydrogens is 300 g/mol. The molecule has 0 saturated carbocycles. The highest BCUT2D eigenvalue weighted by Crippen LogP contribution is 2.22. The number of ketones is 1. The van der Waals surface area contributed by atoms with E-state index in [0.717, 1.165) is 5.75 Å². The molecular formula is C15H20N4O2S. The summed E-state index contributed by atoms with van der Waals surface area (Å²) >= 11 is 1.34. The van der Waals surface area contributed by atoms with Crippen molar-refractivity contribution in [2.24, 2.45) is 0 Å². The van der Waals surface area contributed by atoms with E-state index in [0.29, 0.717) is 23.1 Å². The van der Waals surface area contributed by atoms with Gasteiger partial charge in [0, 0.05) is 5.56 Å². The lowest BCUT2D eigenvalue weighted by atomic mass is 10.1. The van der Waals surface area contributed by atoms with E-state index in [1.54, 1.807) is 28.9 Å². The minimum atomic E-state index is -0.214. The van der Waals surface area contributed by atoms with Gasteiger partial charge in [0.15, 0.2) is 5.78 Å². The standard InChI is InChI=1S/C15H20N4O2S/c1-5-21-12-8-6-11(7-9-12)13(20)10-22-14-16-17-18-19(14)15(2,3)4/h6-9H,5,10H2,1-4H3. The minimum absolute atomic E-state index is 0.0384. The molecule has 7 heteroatoms. The summed E-state index contributed by atoms with van der Waals surface area (Å²) < 4.78 is 7.09. The van der Waals surface area contributed by atoms with E-state index in [1.165, 1.54) is 11.8 Å². The summed E-state index contributed by atoms with van der Waals surface area (Å²) in [6.45, 7) is 8.58. The summed E-state index contributed by atoms with van der Waals surface area (Å²) in [6.07, 6.45) is 0. The molecule has 1 aromatic carbocycles. The van der Waals surface area contributed by atoms with Gasteiger partial charge in [-0.15, -0.1) is 5.10 Å². The lowest BCUT2D eigenvalue weighted by Crippen LogP contribution is -2.24. The first kappa shape index (κ1) is 16.5. The van der Waals surface area contributed by atoms with Crippen LogP contribution in [0.15, 0.2) is 29.4 Å². The zero-order valence-electron chi connectivity index (χ0n) is 13.2. The number of hydrogen-bond donors (Lipinski definition) is 0. The second kappa shape index (κ2) is 6.91. The van der Waals surface area contributed by atoms with E-state index in [4.69, 9.17) is 4.74 Å². The summed E-state index contributed by atoms with van der Waals surface area (Å²) in [7, 11) is 0.